The van der Waals surface area contributed by atoms with Gasteiger partial charge in [0.2, 0.25) is 0 Å². The van der Waals surface area contributed by atoms with Crippen LogP contribution in [-0.2, 0) is 6.42 Å². The summed E-state index contributed by atoms with van der Waals surface area (Å²) in [6, 6.07) is -0.232. The summed E-state index contributed by atoms with van der Waals surface area (Å²) in [5.41, 5.74) is 1.21. The Hall–Kier alpha value is -1.84. The number of alkyl halides is 1. The molecule has 0 spiro atoms. The van der Waals surface area contributed by atoms with Crippen LogP contribution in [-0.4, -0.2) is 56.4 Å². The number of nitrogens with one attached hydrogen (secondary N) is 2. The average Bonchev–Trinajstić information content (AvgIpc) is 3.19. The minimum absolute atomic E-state index is 0.171. The number of carbonyl (C=O) groups is 2. The van der Waals surface area contributed by atoms with E-state index in [4.69, 9.17) is 23.2 Å². The number of aryl methyl sites for hydroxylation is 2. The lowest BCUT2D eigenvalue weighted by Crippen LogP contribution is -2.52. The van der Waals surface area contributed by atoms with Crippen molar-refractivity contribution in [2.45, 2.75) is 38.1 Å². The van der Waals surface area contributed by atoms with Crippen molar-refractivity contribution in [3.05, 3.63) is 27.2 Å². The third-order valence-electron chi connectivity index (χ3n) is 4.40. The number of aromatic carboxylic acids is 1. The smallest absolute Gasteiger partial charge is 0.347 e. The van der Waals surface area contributed by atoms with E-state index >= 15 is 0 Å². The van der Waals surface area contributed by atoms with Crippen LogP contribution in [0.4, 0.5) is 5.13 Å². The van der Waals surface area contributed by atoms with E-state index in [2.05, 4.69) is 20.3 Å². The first kappa shape index (κ1) is 19.9. The van der Waals surface area contributed by atoms with Gasteiger partial charge < -0.3 is 20.3 Å². The average molecular weight is 432 g/mol. The van der Waals surface area contributed by atoms with E-state index in [1.54, 1.807) is 6.92 Å². The number of hydrogen-bond acceptors (Lipinski definition) is 6. The predicted octanol–water partition coefficient (Wildman–Crippen LogP) is 2.70. The lowest BCUT2D eigenvalue weighted by molar-refractivity contribution is 0.0700. The van der Waals surface area contributed by atoms with Crippen LogP contribution in [0.2, 0.25) is 5.15 Å². The number of amides is 1. The summed E-state index contributed by atoms with van der Waals surface area (Å²) in [5.74, 6) is -1.16. The molecule has 0 bridgehead atoms. The van der Waals surface area contributed by atoms with Crippen molar-refractivity contribution < 1.29 is 14.7 Å². The Kier molecular flexibility index (Phi) is 5.92. The number of carbonyl (C=O) groups excluding carboxylic acids is 1. The zero-order chi connectivity index (χ0) is 19.7. The molecule has 0 saturated carbocycles. The van der Waals surface area contributed by atoms with Gasteiger partial charge in [-0.1, -0.05) is 29.9 Å². The van der Waals surface area contributed by atoms with Gasteiger partial charge in [0.15, 0.2) is 16.1 Å². The third kappa shape index (κ3) is 4.20. The lowest BCUT2D eigenvalue weighted by atomic mass is 10.0. The topological polar surface area (TPSA) is 111 Å². The standard InChI is InChI=1S/C16H19Cl2N5O3S/c1-3-9-12(18)22-13(20-9)14(24)21-10-4-5-23(6-8(10)17)16-19-7(2)11(27-16)15(25)26/h8,10H,3-6H2,1-2H3,(H,20,22)(H,21,24)(H,25,26)/t8-,10+/m0/s1. The fourth-order valence-corrected chi connectivity index (χ4v) is 4.49. The number of imidazole rings is 1. The van der Waals surface area contributed by atoms with Crippen molar-refractivity contribution in [3.8, 4) is 0 Å². The van der Waals surface area contributed by atoms with Crippen molar-refractivity contribution in [1.29, 1.82) is 0 Å². The van der Waals surface area contributed by atoms with Crippen molar-refractivity contribution in [2.24, 2.45) is 0 Å². The van der Waals surface area contributed by atoms with Crippen LogP contribution in [0.3, 0.4) is 0 Å². The van der Waals surface area contributed by atoms with E-state index in [0.29, 0.717) is 47.6 Å². The quantitative estimate of drug-likeness (QED) is 0.627. The van der Waals surface area contributed by atoms with E-state index in [-0.39, 0.29) is 28.0 Å². The van der Waals surface area contributed by atoms with E-state index < -0.39 is 5.97 Å². The highest BCUT2D eigenvalue weighted by Crippen LogP contribution is 2.29. The van der Waals surface area contributed by atoms with Crippen molar-refractivity contribution in [1.82, 2.24) is 20.3 Å². The first-order chi connectivity index (χ1) is 12.8. The fraction of sp³-hybridized carbons (Fsp3) is 0.500. The molecule has 3 N–H and O–H groups in total. The molecule has 2 aromatic rings. The molecule has 8 nitrogen and oxygen atoms in total. The van der Waals surface area contributed by atoms with Crippen molar-refractivity contribution in [3.63, 3.8) is 0 Å². The molecule has 27 heavy (non-hydrogen) atoms. The number of hydrogen-bond donors (Lipinski definition) is 3. The number of H-pyrrole nitrogens is 1. The molecule has 3 heterocycles. The monoisotopic (exact) mass is 431 g/mol. The highest BCUT2D eigenvalue weighted by atomic mass is 35.5. The molecular weight excluding hydrogens is 413 g/mol. The largest absolute Gasteiger partial charge is 0.477 e. The van der Waals surface area contributed by atoms with Crippen molar-refractivity contribution >= 4 is 51.5 Å². The van der Waals surface area contributed by atoms with Gasteiger partial charge in [0.25, 0.3) is 5.91 Å². The van der Waals surface area contributed by atoms with E-state index in [1.165, 1.54) is 0 Å². The Morgan fingerprint density at radius 1 is 1.44 bits per heavy atom. The van der Waals surface area contributed by atoms with Gasteiger partial charge in [-0.05, 0) is 19.8 Å². The van der Waals surface area contributed by atoms with Crippen molar-refractivity contribution in [2.75, 3.05) is 18.0 Å². The van der Waals surface area contributed by atoms with E-state index in [1.807, 2.05) is 11.8 Å². The molecule has 3 rings (SSSR count). The molecule has 1 aliphatic heterocycles. The summed E-state index contributed by atoms with van der Waals surface area (Å²) in [7, 11) is 0. The number of piperidine rings is 1. The Labute approximate surface area is 169 Å². The highest BCUT2D eigenvalue weighted by molar-refractivity contribution is 7.17. The van der Waals surface area contributed by atoms with Crippen LogP contribution in [0.5, 0.6) is 0 Å². The number of anilines is 1. The Balaban J connectivity index is 1.63. The third-order valence-corrected chi connectivity index (χ3v) is 6.37. The van der Waals surface area contributed by atoms with Crippen LogP contribution >= 0.6 is 34.5 Å². The number of carboxylic acid groups (broad SMARTS) is 1. The number of carboxylic acids is 1. The van der Waals surface area contributed by atoms with Gasteiger partial charge in [-0.2, -0.15) is 0 Å². The normalized spacial score (nSPS) is 19.9. The second-order valence-corrected chi connectivity index (χ2v) is 8.15. The van der Waals surface area contributed by atoms with Crippen LogP contribution in [0.1, 0.15) is 45.0 Å². The SMILES string of the molecule is CCc1[nH]c(C(=O)N[C@@H]2CCN(c3nc(C)c(C(=O)O)s3)C[C@@H]2Cl)nc1Cl. The maximum Gasteiger partial charge on any atom is 0.347 e. The zero-order valence-corrected chi connectivity index (χ0v) is 17.1. The fourth-order valence-electron chi connectivity index (χ4n) is 2.92. The second-order valence-electron chi connectivity index (χ2n) is 6.26. The molecule has 0 aromatic carbocycles. The van der Waals surface area contributed by atoms with Gasteiger partial charge in [0.05, 0.1) is 16.8 Å². The predicted molar refractivity (Wildman–Crippen MR) is 105 cm³/mol. The number of aromatic nitrogens is 3. The summed E-state index contributed by atoms with van der Waals surface area (Å²) in [6.45, 7) is 4.66. The minimum atomic E-state index is -0.982. The molecule has 1 amide bonds. The van der Waals surface area contributed by atoms with Gasteiger partial charge in [0, 0.05) is 19.1 Å². The molecule has 1 saturated heterocycles. The summed E-state index contributed by atoms with van der Waals surface area (Å²) >= 11 is 13.6. The molecule has 1 aliphatic rings. The molecule has 11 heteroatoms. The first-order valence-electron chi connectivity index (χ1n) is 8.45. The van der Waals surface area contributed by atoms with Gasteiger partial charge in [-0.25, -0.2) is 14.8 Å². The zero-order valence-electron chi connectivity index (χ0n) is 14.8. The summed E-state index contributed by atoms with van der Waals surface area (Å²) in [6.07, 6.45) is 1.26. The van der Waals surface area contributed by atoms with Gasteiger partial charge >= 0.3 is 5.97 Å². The highest BCUT2D eigenvalue weighted by Gasteiger charge is 2.32. The Bertz CT molecular complexity index is 868. The number of thiazole rings is 1. The number of rotatable bonds is 5. The summed E-state index contributed by atoms with van der Waals surface area (Å²) in [5, 5.41) is 12.7. The molecule has 1 fully saturated rings. The number of aromatic amines is 1. The van der Waals surface area contributed by atoms with Crippen LogP contribution < -0.4 is 10.2 Å². The van der Waals surface area contributed by atoms with Crippen LogP contribution in [0.15, 0.2) is 0 Å². The number of nitrogens with zero attached hydrogens (tertiary/aromatic N) is 3. The van der Waals surface area contributed by atoms with Crippen LogP contribution in [0.25, 0.3) is 0 Å². The van der Waals surface area contributed by atoms with Gasteiger partial charge in [0.1, 0.15) is 4.88 Å². The van der Waals surface area contributed by atoms with E-state index in [9.17, 15) is 14.7 Å². The maximum absolute atomic E-state index is 12.4. The molecule has 0 aliphatic carbocycles. The Morgan fingerprint density at radius 3 is 2.74 bits per heavy atom. The minimum Gasteiger partial charge on any atom is -0.477 e. The summed E-state index contributed by atoms with van der Waals surface area (Å²) < 4.78 is 0. The molecular formula is C16H19Cl2N5O3S. The number of halogens is 2. The van der Waals surface area contributed by atoms with Gasteiger partial charge in [-0.15, -0.1) is 11.6 Å². The van der Waals surface area contributed by atoms with Gasteiger partial charge in [-0.3, -0.25) is 4.79 Å². The molecule has 2 aromatic heterocycles. The van der Waals surface area contributed by atoms with Crippen LogP contribution in [0, 0.1) is 6.92 Å². The molecule has 2 atom stereocenters. The second kappa shape index (κ2) is 8.04. The molecule has 0 radical (unpaired) electrons. The lowest BCUT2D eigenvalue weighted by Gasteiger charge is -2.35. The Morgan fingerprint density at radius 2 is 2.19 bits per heavy atom. The molecule has 146 valence electrons. The summed E-state index contributed by atoms with van der Waals surface area (Å²) in [4.78, 5) is 37.1. The maximum atomic E-state index is 12.4. The molecule has 0 unspecified atom stereocenters. The van der Waals surface area contributed by atoms with E-state index in [0.717, 1.165) is 11.3 Å². The first-order valence-corrected chi connectivity index (χ1v) is 10.1.